The molecule has 0 saturated heterocycles. The van der Waals surface area contributed by atoms with Crippen LogP contribution in [0.3, 0.4) is 0 Å². The molecule has 0 amide bonds. The van der Waals surface area contributed by atoms with Crippen molar-refractivity contribution in [1.82, 2.24) is 5.32 Å². The molecule has 20 heavy (non-hydrogen) atoms. The SMILES string of the molecule is CCCCCCCCC(CNC)Cc1ccccc1F. The largest absolute Gasteiger partial charge is 0.319 e. The molecular weight excluding hydrogens is 249 g/mol. The summed E-state index contributed by atoms with van der Waals surface area (Å²) in [5.74, 6) is 0.486. The minimum atomic E-state index is -0.0588. The summed E-state index contributed by atoms with van der Waals surface area (Å²) in [6.45, 7) is 3.22. The van der Waals surface area contributed by atoms with Gasteiger partial charge < -0.3 is 5.32 Å². The normalized spacial score (nSPS) is 12.6. The number of hydrogen-bond acceptors (Lipinski definition) is 1. The smallest absolute Gasteiger partial charge is 0.126 e. The number of hydrogen-bond donors (Lipinski definition) is 1. The lowest BCUT2D eigenvalue weighted by atomic mass is 9.93. The minimum Gasteiger partial charge on any atom is -0.319 e. The number of benzene rings is 1. The molecule has 0 aromatic heterocycles. The number of halogens is 1. The minimum absolute atomic E-state index is 0.0588. The maximum atomic E-state index is 13.7. The summed E-state index contributed by atoms with van der Waals surface area (Å²) in [7, 11) is 1.98. The Morgan fingerprint density at radius 3 is 2.45 bits per heavy atom. The lowest BCUT2D eigenvalue weighted by molar-refractivity contribution is 0.426. The van der Waals surface area contributed by atoms with Crippen molar-refractivity contribution in [2.75, 3.05) is 13.6 Å². The monoisotopic (exact) mass is 279 g/mol. The van der Waals surface area contributed by atoms with Gasteiger partial charge in [0.15, 0.2) is 0 Å². The molecule has 0 saturated carbocycles. The molecule has 0 aliphatic heterocycles. The highest BCUT2D eigenvalue weighted by Gasteiger charge is 2.11. The fraction of sp³-hybridized carbons (Fsp3) is 0.667. The average molecular weight is 279 g/mol. The van der Waals surface area contributed by atoms with Crippen molar-refractivity contribution in [3.05, 3.63) is 35.6 Å². The van der Waals surface area contributed by atoms with Crippen molar-refractivity contribution in [1.29, 1.82) is 0 Å². The molecule has 1 N–H and O–H groups in total. The van der Waals surface area contributed by atoms with Gasteiger partial charge in [-0.05, 0) is 44.0 Å². The van der Waals surface area contributed by atoms with Gasteiger partial charge in [-0.25, -0.2) is 4.39 Å². The van der Waals surface area contributed by atoms with Crippen LogP contribution in [0.5, 0.6) is 0 Å². The van der Waals surface area contributed by atoms with Crippen LogP contribution in [0.1, 0.15) is 57.4 Å². The van der Waals surface area contributed by atoms with E-state index in [9.17, 15) is 4.39 Å². The predicted molar refractivity (Wildman–Crippen MR) is 85.5 cm³/mol. The Hall–Kier alpha value is -0.890. The third-order valence-electron chi connectivity index (χ3n) is 3.93. The molecule has 2 heteroatoms. The average Bonchev–Trinajstić information content (AvgIpc) is 2.45. The maximum absolute atomic E-state index is 13.7. The molecule has 1 unspecified atom stereocenters. The van der Waals surface area contributed by atoms with E-state index in [4.69, 9.17) is 0 Å². The van der Waals surface area contributed by atoms with E-state index in [1.807, 2.05) is 19.2 Å². The number of nitrogens with one attached hydrogen (secondary N) is 1. The fourth-order valence-electron chi connectivity index (χ4n) is 2.75. The molecule has 0 aliphatic rings. The zero-order valence-corrected chi connectivity index (χ0v) is 13.1. The van der Waals surface area contributed by atoms with Crippen molar-refractivity contribution >= 4 is 0 Å². The second kappa shape index (κ2) is 10.8. The zero-order valence-electron chi connectivity index (χ0n) is 13.1. The van der Waals surface area contributed by atoms with E-state index in [1.165, 1.54) is 44.9 Å². The van der Waals surface area contributed by atoms with Gasteiger partial charge in [-0.2, -0.15) is 0 Å². The van der Waals surface area contributed by atoms with E-state index in [-0.39, 0.29) is 5.82 Å². The lowest BCUT2D eigenvalue weighted by Crippen LogP contribution is -2.21. The van der Waals surface area contributed by atoms with Crippen molar-refractivity contribution in [2.24, 2.45) is 5.92 Å². The van der Waals surface area contributed by atoms with Gasteiger partial charge in [0.25, 0.3) is 0 Å². The Balaban J connectivity index is 2.31. The van der Waals surface area contributed by atoms with Gasteiger partial charge in [0.1, 0.15) is 5.82 Å². The van der Waals surface area contributed by atoms with Gasteiger partial charge in [0, 0.05) is 0 Å². The molecule has 0 bridgehead atoms. The Labute approximate surface area is 124 Å². The summed E-state index contributed by atoms with van der Waals surface area (Å²) in [5.41, 5.74) is 0.860. The van der Waals surface area contributed by atoms with Gasteiger partial charge in [0.2, 0.25) is 0 Å². The molecule has 0 spiro atoms. The van der Waals surface area contributed by atoms with Gasteiger partial charge >= 0.3 is 0 Å². The van der Waals surface area contributed by atoms with Gasteiger partial charge in [-0.1, -0.05) is 63.6 Å². The Morgan fingerprint density at radius 2 is 1.75 bits per heavy atom. The maximum Gasteiger partial charge on any atom is 0.126 e. The third kappa shape index (κ3) is 7.04. The molecule has 1 aromatic rings. The van der Waals surface area contributed by atoms with Crippen LogP contribution >= 0.6 is 0 Å². The molecule has 1 rings (SSSR count). The van der Waals surface area contributed by atoms with Gasteiger partial charge in [-0.15, -0.1) is 0 Å². The van der Waals surface area contributed by atoms with Gasteiger partial charge in [-0.3, -0.25) is 0 Å². The first kappa shape index (κ1) is 17.2. The highest BCUT2D eigenvalue weighted by atomic mass is 19.1. The predicted octanol–water partition coefficient (Wildman–Crippen LogP) is 4.95. The molecule has 114 valence electrons. The summed E-state index contributed by atoms with van der Waals surface area (Å²) in [5, 5.41) is 3.25. The quantitative estimate of drug-likeness (QED) is 0.565. The first-order valence-electron chi connectivity index (χ1n) is 8.16. The highest BCUT2D eigenvalue weighted by molar-refractivity contribution is 5.17. The number of unbranched alkanes of at least 4 members (excludes halogenated alkanes) is 5. The standard InChI is InChI=1S/C18H30FN/c1-3-4-5-6-7-8-11-16(15-20-2)14-17-12-9-10-13-18(17)19/h9-10,12-13,16,20H,3-8,11,14-15H2,1-2H3. The van der Waals surface area contributed by atoms with Crippen LogP contribution in [0.4, 0.5) is 4.39 Å². The van der Waals surface area contributed by atoms with Crippen LogP contribution in [0.25, 0.3) is 0 Å². The van der Waals surface area contributed by atoms with Crippen LogP contribution in [-0.2, 0) is 6.42 Å². The summed E-state index contributed by atoms with van der Waals surface area (Å²) in [6, 6.07) is 7.18. The highest BCUT2D eigenvalue weighted by Crippen LogP contribution is 2.18. The van der Waals surface area contributed by atoms with Crippen molar-refractivity contribution < 1.29 is 4.39 Å². The number of rotatable bonds is 11. The second-order valence-corrected chi connectivity index (χ2v) is 5.78. The summed E-state index contributed by atoms with van der Waals surface area (Å²) in [4.78, 5) is 0. The first-order valence-corrected chi connectivity index (χ1v) is 8.16. The Bertz CT molecular complexity index is 351. The van der Waals surface area contributed by atoms with E-state index in [0.717, 1.165) is 18.5 Å². The Morgan fingerprint density at radius 1 is 1.05 bits per heavy atom. The fourth-order valence-corrected chi connectivity index (χ4v) is 2.75. The van der Waals surface area contributed by atoms with E-state index >= 15 is 0 Å². The van der Waals surface area contributed by atoms with Crippen LogP contribution in [0.15, 0.2) is 24.3 Å². The molecule has 0 fully saturated rings. The topological polar surface area (TPSA) is 12.0 Å². The van der Waals surface area contributed by atoms with E-state index in [0.29, 0.717) is 5.92 Å². The molecular formula is C18H30FN. The molecule has 1 nitrogen and oxygen atoms in total. The molecule has 1 atom stereocenters. The Kier molecular flexibility index (Phi) is 9.31. The van der Waals surface area contributed by atoms with E-state index < -0.39 is 0 Å². The molecule has 0 aliphatic carbocycles. The van der Waals surface area contributed by atoms with E-state index in [1.54, 1.807) is 12.1 Å². The summed E-state index contributed by atoms with van der Waals surface area (Å²) >= 11 is 0. The lowest BCUT2D eigenvalue weighted by Gasteiger charge is -2.17. The molecule has 0 radical (unpaired) electrons. The second-order valence-electron chi connectivity index (χ2n) is 5.78. The van der Waals surface area contributed by atoms with Crippen LogP contribution in [0, 0.1) is 11.7 Å². The molecule has 1 aromatic carbocycles. The van der Waals surface area contributed by atoms with Gasteiger partial charge in [0.05, 0.1) is 0 Å². The zero-order chi connectivity index (χ0) is 14.6. The van der Waals surface area contributed by atoms with Crippen LogP contribution in [-0.4, -0.2) is 13.6 Å². The summed E-state index contributed by atoms with van der Waals surface area (Å²) in [6.07, 6.45) is 10.00. The van der Waals surface area contributed by atoms with Crippen LogP contribution < -0.4 is 5.32 Å². The first-order chi connectivity index (χ1) is 9.77. The van der Waals surface area contributed by atoms with Crippen molar-refractivity contribution in [2.45, 2.75) is 58.3 Å². The van der Waals surface area contributed by atoms with Crippen molar-refractivity contribution in [3.63, 3.8) is 0 Å². The molecule has 0 heterocycles. The van der Waals surface area contributed by atoms with Crippen molar-refractivity contribution in [3.8, 4) is 0 Å². The third-order valence-corrected chi connectivity index (χ3v) is 3.93. The van der Waals surface area contributed by atoms with E-state index in [2.05, 4.69) is 12.2 Å². The van der Waals surface area contributed by atoms with Crippen LogP contribution in [0.2, 0.25) is 0 Å². The summed E-state index contributed by atoms with van der Waals surface area (Å²) < 4.78 is 13.7.